The van der Waals surface area contributed by atoms with Crippen molar-refractivity contribution in [2.45, 2.75) is 36.2 Å². The summed E-state index contributed by atoms with van der Waals surface area (Å²) in [5.41, 5.74) is 4.05. The molecule has 1 amide bonds. The molecular weight excluding hydrogens is 472 g/mol. The van der Waals surface area contributed by atoms with Gasteiger partial charge in [0.25, 0.3) is 10.0 Å². The highest BCUT2D eigenvalue weighted by Crippen LogP contribution is 2.35. The molecule has 34 heavy (non-hydrogen) atoms. The van der Waals surface area contributed by atoms with Crippen LogP contribution in [0.3, 0.4) is 0 Å². The summed E-state index contributed by atoms with van der Waals surface area (Å²) in [7, 11) is -0.617. The summed E-state index contributed by atoms with van der Waals surface area (Å²) < 4.78 is 39.6. The summed E-state index contributed by atoms with van der Waals surface area (Å²) in [6, 6.07) is 14.1. The molecule has 3 heterocycles. The first kappa shape index (κ1) is 22.9. The zero-order valence-electron chi connectivity index (χ0n) is 19.1. The van der Waals surface area contributed by atoms with Crippen LogP contribution in [0.2, 0.25) is 0 Å². The number of carbonyl (C=O) groups excluding carboxylic acids is 1. The van der Waals surface area contributed by atoms with Crippen LogP contribution in [0.4, 0.5) is 0 Å². The third-order valence-electron chi connectivity index (χ3n) is 6.58. The van der Waals surface area contributed by atoms with E-state index < -0.39 is 16.1 Å². The van der Waals surface area contributed by atoms with E-state index in [1.54, 1.807) is 36.6 Å². The van der Waals surface area contributed by atoms with Crippen LogP contribution in [0, 0.1) is 0 Å². The molecule has 1 aromatic heterocycles. The molecule has 0 unspecified atom stereocenters. The van der Waals surface area contributed by atoms with Crippen LogP contribution < -0.4 is 9.47 Å². The van der Waals surface area contributed by atoms with Crippen LogP contribution in [0.25, 0.3) is 0 Å². The first-order valence-corrected chi connectivity index (χ1v) is 13.4. The molecule has 0 N–H and O–H groups in total. The van der Waals surface area contributed by atoms with Crippen molar-refractivity contribution >= 4 is 27.3 Å². The highest BCUT2D eigenvalue weighted by molar-refractivity contribution is 7.91. The van der Waals surface area contributed by atoms with Crippen molar-refractivity contribution in [3.8, 4) is 11.5 Å². The Bertz CT molecular complexity index is 1320. The molecular formula is C25H26N2O5S2. The van der Waals surface area contributed by atoms with Crippen molar-refractivity contribution in [2.75, 3.05) is 20.8 Å². The van der Waals surface area contributed by atoms with Gasteiger partial charge in [-0.2, -0.15) is 4.31 Å². The Kier molecular flexibility index (Phi) is 6.09. The van der Waals surface area contributed by atoms with E-state index in [-0.39, 0.29) is 16.7 Å². The van der Waals surface area contributed by atoms with E-state index in [0.29, 0.717) is 37.4 Å². The molecule has 0 aliphatic carbocycles. The van der Waals surface area contributed by atoms with Crippen LogP contribution >= 0.6 is 11.3 Å². The molecule has 7 nitrogen and oxygen atoms in total. The summed E-state index contributed by atoms with van der Waals surface area (Å²) in [6.45, 7) is 1.11. The number of sulfonamides is 1. The van der Waals surface area contributed by atoms with Gasteiger partial charge < -0.3 is 14.4 Å². The van der Waals surface area contributed by atoms with Gasteiger partial charge in [0, 0.05) is 19.6 Å². The number of hydrogen-bond acceptors (Lipinski definition) is 6. The molecule has 9 heteroatoms. The van der Waals surface area contributed by atoms with Crippen molar-refractivity contribution in [1.82, 2.24) is 9.21 Å². The minimum Gasteiger partial charge on any atom is -0.493 e. The fourth-order valence-electron chi connectivity index (χ4n) is 4.77. The van der Waals surface area contributed by atoms with E-state index in [0.717, 1.165) is 22.3 Å². The number of benzene rings is 2. The fourth-order valence-corrected chi connectivity index (χ4v) is 7.45. The molecule has 5 rings (SSSR count). The van der Waals surface area contributed by atoms with Gasteiger partial charge in [0.05, 0.1) is 14.2 Å². The SMILES string of the molecule is COc1cc2c(cc1OC)CN(C(=O)[C@@H]1Cc3ccccc3CN1S(=O)(=O)c1cccs1)CC2. The number of ether oxygens (including phenoxy) is 2. The summed E-state index contributed by atoms with van der Waals surface area (Å²) in [6.07, 6.45) is 1.03. The third kappa shape index (κ3) is 3.97. The van der Waals surface area contributed by atoms with Gasteiger partial charge in [0.1, 0.15) is 10.3 Å². The van der Waals surface area contributed by atoms with Crippen LogP contribution in [0.1, 0.15) is 22.3 Å². The number of methoxy groups -OCH3 is 2. The average Bonchev–Trinajstić information content (AvgIpc) is 3.42. The predicted octanol–water partition coefficient (Wildman–Crippen LogP) is 3.47. The quantitative estimate of drug-likeness (QED) is 0.539. The zero-order valence-corrected chi connectivity index (χ0v) is 20.7. The lowest BCUT2D eigenvalue weighted by Gasteiger charge is -2.39. The monoisotopic (exact) mass is 498 g/mol. The van der Waals surface area contributed by atoms with E-state index in [1.807, 2.05) is 36.4 Å². The van der Waals surface area contributed by atoms with Gasteiger partial charge in [0.15, 0.2) is 11.5 Å². The maximum atomic E-state index is 13.8. The lowest BCUT2D eigenvalue weighted by atomic mass is 9.93. The van der Waals surface area contributed by atoms with Gasteiger partial charge in [-0.05, 0) is 58.7 Å². The maximum absolute atomic E-state index is 13.8. The van der Waals surface area contributed by atoms with Crippen molar-refractivity contribution < 1.29 is 22.7 Å². The minimum absolute atomic E-state index is 0.171. The minimum atomic E-state index is -3.81. The number of nitrogens with zero attached hydrogens (tertiary/aromatic N) is 2. The smallest absolute Gasteiger partial charge is 0.253 e. The first-order chi connectivity index (χ1) is 16.4. The van der Waals surface area contributed by atoms with E-state index in [4.69, 9.17) is 9.47 Å². The highest BCUT2D eigenvalue weighted by Gasteiger charge is 2.42. The molecule has 0 bridgehead atoms. The lowest BCUT2D eigenvalue weighted by Crippen LogP contribution is -2.54. The Morgan fingerprint density at radius 1 is 0.941 bits per heavy atom. The van der Waals surface area contributed by atoms with Crippen LogP contribution in [-0.4, -0.2) is 50.3 Å². The Morgan fingerprint density at radius 2 is 1.65 bits per heavy atom. The van der Waals surface area contributed by atoms with Gasteiger partial charge in [-0.15, -0.1) is 11.3 Å². The number of fused-ring (bicyclic) bond motifs is 2. The Labute approximate surface area is 203 Å². The maximum Gasteiger partial charge on any atom is 0.253 e. The van der Waals surface area contributed by atoms with Crippen molar-refractivity contribution in [1.29, 1.82) is 0 Å². The Balaban J connectivity index is 1.48. The molecule has 0 saturated carbocycles. The van der Waals surface area contributed by atoms with Gasteiger partial charge in [-0.1, -0.05) is 30.3 Å². The summed E-state index contributed by atoms with van der Waals surface area (Å²) in [5, 5.41) is 1.74. The Hall–Kier alpha value is -2.88. The zero-order chi connectivity index (χ0) is 23.9. The normalized spacial score (nSPS) is 18.2. The number of thiophene rings is 1. The highest BCUT2D eigenvalue weighted by atomic mass is 32.2. The van der Waals surface area contributed by atoms with Gasteiger partial charge in [-0.3, -0.25) is 4.79 Å². The number of amides is 1. The van der Waals surface area contributed by atoms with E-state index in [9.17, 15) is 13.2 Å². The van der Waals surface area contributed by atoms with Gasteiger partial charge in [0.2, 0.25) is 5.91 Å². The topological polar surface area (TPSA) is 76.2 Å². The molecule has 2 aliphatic heterocycles. The number of hydrogen-bond donors (Lipinski definition) is 0. The molecule has 178 valence electrons. The van der Waals surface area contributed by atoms with Gasteiger partial charge >= 0.3 is 0 Å². The molecule has 0 spiro atoms. The van der Waals surface area contributed by atoms with Crippen molar-refractivity contribution in [3.63, 3.8) is 0 Å². The molecule has 3 aromatic rings. The van der Waals surface area contributed by atoms with Crippen LogP contribution in [-0.2, 0) is 40.7 Å². The van der Waals surface area contributed by atoms with E-state index in [2.05, 4.69) is 0 Å². The molecule has 0 radical (unpaired) electrons. The molecule has 0 fully saturated rings. The summed E-state index contributed by atoms with van der Waals surface area (Å²) in [5.74, 6) is 1.11. The molecule has 2 aromatic carbocycles. The average molecular weight is 499 g/mol. The third-order valence-corrected chi connectivity index (χ3v) is 9.81. The summed E-state index contributed by atoms with van der Waals surface area (Å²) in [4.78, 5) is 15.6. The van der Waals surface area contributed by atoms with E-state index >= 15 is 0 Å². The second-order valence-corrected chi connectivity index (χ2v) is 11.5. The fraction of sp³-hybridized carbons (Fsp3) is 0.320. The molecule has 1 atom stereocenters. The number of rotatable bonds is 5. The second-order valence-electron chi connectivity index (χ2n) is 8.46. The molecule has 2 aliphatic rings. The first-order valence-electron chi connectivity index (χ1n) is 11.1. The van der Waals surface area contributed by atoms with Crippen LogP contribution in [0.15, 0.2) is 58.1 Å². The predicted molar refractivity (Wildman–Crippen MR) is 130 cm³/mol. The van der Waals surface area contributed by atoms with Crippen LogP contribution in [0.5, 0.6) is 11.5 Å². The van der Waals surface area contributed by atoms with Crippen molar-refractivity contribution in [3.05, 3.63) is 76.2 Å². The summed E-state index contributed by atoms with van der Waals surface area (Å²) >= 11 is 1.17. The van der Waals surface area contributed by atoms with Gasteiger partial charge in [-0.25, -0.2) is 8.42 Å². The molecule has 0 saturated heterocycles. The van der Waals surface area contributed by atoms with E-state index in [1.165, 1.54) is 15.6 Å². The lowest BCUT2D eigenvalue weighted by molar-refractivity contribution is -0.136. The van der Waals surface area contributed by atoms with Crippen molar-refractivity contribution in [2.24, 2.45) is 0 Å². The standard InChI is InChI=1S/C25H26N2O5S2/c1-31-22-13-18-9-10-26(15-20(18)14-23(22)32-2)25(28)21-12-17-6-3-4-7-19(17)16-27(21)34(29,30)24-8-5-11-33-24/h3-8,11,13-14,21H,9-10,12,15-16H2,1-2H3/t21-/m0/s1. The Morgan fingerprint density at radius 3 is 2.32 bits per heavy atom. The largest absolute Gasteiger partial charge is 0.493 e. The number of carbonyl (C=O) groups is 1. The second kappa shape index (κ2) is 9.05.